The molecular formula is C24H24N4O2. The summed E-state index contributed by atoms with van der Waals surface area (Å²) >= 11 is 0. The predicted molar refractivity (Wildman–Crippen MR) is 118 cm³/mol. The molecule has 1 aliphatic rings. The molecule has 30 heavy (non-hydrogen) atoms. The van der Waals surface area contributed by atoms with Crippen LogP contribution in [0.2, 0.25) is 0 Å². The number of primary amides is 1. The zero-order chi connectivity index (χ0) is 21.1. The number of benzene rings is 2. The molecule has 2 aromatic carbocycles. The minimum absolute atomic E-state index is 0.191. The first kappa shape index (κ1) is 19.6. The van der Waals surface area contributed by atoms with Crippen molar-refractivity contribution in [1.82, 2.24) is 9.88 Å². The topological polar surface area (TPSA) is 102 Å². The number of rotatable bonds is 5. The van der Waals surface area contributed by atoms with E-state index in [0.717, 1.165) is 53.7 Å². The second-order valence-electron chi connectivity index (χ2n) is 7.56. The van der Waals surface area contributed by atoms with Gasteiger partial charge in [-0.15, -0.1) is 0 Å². The van der Waals surface area contributed by atoms with Crippen molar-refractivity contribution in [3.05, 3.63) is 71.9 Å². The third-order valence-electron chi connectivity index (χ3n) is 5.50. The van der Waals surface area contributed by atoms with Crippen LogP contribution in [0.1, 0.15) is 28.8 Å². The van der Waals surface area contributed by atoms with Crippen molar-refractivity contribution in [2.75, 3.05) is 18.8 Å². The number of carbonyl (C=O) groups is 2. The standard InChI is InChI=1S/C24H24N4O2/c25-23-21(18-7-9-19(10-8-18)24(26)30)14-20(15-27-23)17-5-3-16(4-6-17)13-22(29)28-11-1-2-12-28/h3-10,14-15H,1-2,11-13H2,(H2,25,27)(H2,26,30). The monoisotopic (exact) mass is 400 g/mol. The van der Waals surface area contributed by atoms with E-state index >= 15 is 0 Å². The Kier molecular flexibility index (Phi) is 5.48. The number of nitrogens with two attached hydrogens (primary N) is 2. The number of pyridine rings is 1. The Morgan fingerprint density at radius 3 is 2.17 bits per heavy atom. The Balaban J connectivity index is 1.54. The summed E-state index contributed by atoms with van der Waals surface area (Å²) in [5, 5.41) is 0. The highest BCUT2D eigenvalue weighted by Crippen LogP contribution is 2.30. The molecule has 1 aromatic heterocycles. The lowest BCUT2D eigenvalue weighted by molar-refractivity contribution is -0.129. The maximum Gasteiger partial charge on any atom is 0.248 e. The van der Waals surface area contributed by atoms with Crippen molar-refractivity contribution in [2.24, 2.45) is 5.73 Å². The Morgan fingerprint density at radius 1 is 0.900 bits per heavy atom. The highest BCUT2D eigenvalue weighted by atomic mass is 16.2. The summed E-state index contributed by atoms with van der Waals surface area (Å²) < 4.78 is 0. The van der Waals surface area contributed by atoms with Crippen molar-refractivity contribution in [2.45, 2.75) is 19.3 Å². The van der Waals surface area contributed by atoms with Gasteiger partial charge in [-0.25, -0.2) is 4.98 Å². The minimum atomic E-state index is -0.468. The average Bonchev–Trinajstić information content (AvgIpc) is 3.30. The van der Waals surface area contributed by atoms with Crippen molar-refractivity contribution in [3.8, 4) is 22.3 Å². The molecule has 1 saturated heterocycles. The summed E-state index contributed by atoms with van der Waals surface area (Å²) in [6, 6.07) is 16.9. The second kappa shape index (κ2) is 8.37. The highest BCUT2D eigenvalue weighted by Gasteiger charge is 2.18. The summed E-state index contributed by atoms with van der Waals surface area (Å²) in [7, 11) is 0. The average molecular weight is 400 g/mol. The summed E-state index contributed by atoms with van der Waals surface area (Å²) in [5.74, 6) is 0.138. The van der Waals surface area contributed by atoms with Crippen LogP contribution >= 0.6 is 0 Å². The molecule has 152 valence electrons. The molecule has 0 unspecified atom stereocenters. The lowest BCUT2D eigenvalue weighted by Crippen LogP contribution is -2.28. The maximum absolute atomic E-state index is 12.3. The van der Waals surface area contributed by atoms with Gasteiger partial charge in [0.15, 0.2) is 0 Å². The van der Waals surface area contributed by atoms with Gasteiger partial charge in [0.05, 0.1) is 6.42 Å². The van der Waals surface area contributed by atoms with E-state index < -0.39 is 5.91 Å². The van der Waals surface area contributed by atoms with Gasteiger partial charge in [-0.05, 0) is 47.7 Å². The van der Waals surface area contributed by atoms with Gasteiger partial charge in [0, 0.05) is 36.0 Å². The Hall–Kier alpha value is -3.67. The van der Waals surface area contributed by atoms with Crippen LogP contribution in [-0.4, -0.2) is 34.8 Å². The summed E-state index contributed by atoms with van der Waals surface area (Å²) in [5.41, 5.74) is 16.4. The smallest absolute Gasteiger partial charge is 0.248 e. The van der Waals surface area contributed by atoms with Gasteiger partial charge in [0.2, 0.25) is 11.8 Å². The molecule has 4 rings (SSSR count). The first-order chi connectivity index (χ1) is 14.5. The number of carbonyl (C=O) groups excluding carboxylic acids is 2. The van der Waals surface area contributed by atoms with E-state index in [1.54, 1.807) is 18.3 Å². The van der Waals surface area contributed by atoms with E-state index in [9.17, 15) is 9.59 Å². The van der Waals surface area contributed by atoms with Gasteiger partial charge < -0.3 is 16.4 Å². The fourth-order valence-electron chi connectivity index (χ4n) is 3.75. The zero-order valence-electron chi connectivity index (χ0n) is 16.7. The molecule has 0 atom stereocenters. The summed E-state index contributed by atoms with van der Waals surface area (Å²) in [4.78, 5) is 29.9. The van der Waals surface area contributed by atoms with Crippen LogP contribution in [0.3, 0.4) is 0 Å². The van der Waals surface area contributed by atoms with Crippen LogP contribution in [0.4, 0.5) is 5.82 Å². The van der Waals surface area contributed by atoms with Crippen molar-refractivity contribution in [3.63, 3.8) is 0 Å². The molecule has 0 radical (unpaired) electrons. The maximum atomic E-state index is 12.3. The Morgan fingerprint density at radius 2 is 1.53 bits per heavy atom. The molecule has 0 bridgehead atoms. The molecule has 1 fully saturated rings. The third kappa shape index (κ3) is 4.17. The van der Waals surface area contributed by atoms with E-state index in [0.29, 0.717) is 17.8 Å². The van der Waals surface area contributed by atoms with Crippen LogP contribution in [0.15, 0.2) is 60.8 Å². The van der Waals surface area contributed by atoms with Crippen LogP contribution in [0.5, 0.6) is 0 Å². The molecule has 1 aliphatic heterocycles. The third-order valence-corrected chi connectivity index (χ3v) is 5.50. The van der Waals surface area contributed by atoms with Crippen LogP contribution < -0.4 is 11.5 Å². The molecule has 4 N–H and O–H groups in total. The SMILES string of the molecule is NC(=O)c1ccc(-c2cc(-c3ccc(CC(=O)N4CCCC4)cc3)cnc2N)cc1. The zero-order valence-corrected chi connectivity index (χ0v) is 16.7. The Labute approximate surface area is 175 Å². The molecule has 6 nitrogen and oxygen atoms in total. The molecule has 2 heterocycles. The van der Waals surface area contributed by atoms with Crippen LogP contribution in [-0.2, 0) is 11.2 Å². The first-order valence-corrected chi connectivity index (χ1v) is 10.0. The highest BCUT2D eigenvalue weighted by molar-refractivity contribution is 5.93. The fraction of sp³-hybridized carbons (Fsp3) is 0.208. The predicted octanol–water partition coefficient (Wildman–Crippen LogP) is 3.26. The van der Waals surface area contributed by atoms with E-state index in [-0.39, 0.29) is 5.91 Å². The molecule has 0 spiro atoms. The van der Waals surface area contributed by atoms with Gasteiger partial charge >= 0.3 is 0 Å². The number of nitrogens with zero attached hydrogens (tertiary/aromatic N) is 2. The number of amides is 2. The fourth-order valence-corrected chi connectivity index (χ4v) is 3.75. The quantitative estimate of drug-likeness (QED) is 0.686. The van der Waals surface area contributed by atoms with E-state index in [4.69, 9.17) is 11.5 Å². The lowest BCUT2D eigenvalue weighted by atomic mass is 9.99. The number of hydrogen-bond acceptors (Lipinski definition) is 4. The van der Waals surface area contributed by atoms with E-state index in [1.807, 2.05) is 47.4 Å². The normalized spacial score (nSPS) is 13.4. The van der Waals surface area contributed by atoms with Crippen molar-refractivity contribution >= 4 is 17.6 Å². The molecule has 6 heteroatoms. The molecule has 0 saturated carbocycles. The van der Waals surface area contributed by atoms with Gasteiger partial charge in [-0.1, -0.05) is 36.4 Å². The van der Waals surface area contributed by atoms with Crippen molar-refractivity contribution in [1.29, 1.82) is 0 Å². The van der Waals surface area contributed by atoms with Gasteiger partial charge in [0.1, 0.15) is 5.82 Å². The first-order valence-electron chi connectivity index (χ1n) is 10.0. The molecule has 3 aromatic rings. The molecule has 2 amide bonds. The van der Waals surface area contributed by atoms with Crippen LogP contribution in [0.25, 0.3) is 22.3 Å². The Bertz CT molecular complexity index is 1070. The van der Waals surface area contributed by atoms with E-state index in [2.05, 4.69) is 4.98 Å². The van der Waals surface area contributed by atoms with E-state index in [1.165, 1.54) is 0 Å². The van der Waals surface area contributed by atoms with Gasteiger partial charge in [0.25, 0.3) is 0 Å². The van der Waals surface area contributed by atoms with Crippen LogP contribution in [0, 0.1) is 0 Å². The van der Waals surface area contributed by atoms with Gasteiger partial charge in [-0.3, -0.25) is 9.59 Å². The number of aromatic nitrogens is 1. The summed E-state index contributed by atoms with van der Waals surface area (Å²) in [6.07, 6.45) is 4.36. The minimum Gasteiger partial charge on any atom is -0.383 e. The number of nitrogen functional groups attached to an aromatic ring is 1. The number of hydrogen-bond donors (Lipinski definition) is 2. The largest absolute Gasteiger partial charge is 0.383 e. The van der Waals surface area contributed by atoms with Crippen molar-refractivity contribution < 1.29 is 9.59 Å². The lowest BCUT2D eigenvalue weighted by Gasteiger charge is -2.15. The number of likely N-dealkylation sites (tertiary alicyclic amines) is 1. The molecular weight excluding hydrogens is 376 g/mol. The number of anilines is 1. The second-order valence-corrected chi connectivity index (χ2v) is 7.56. The summed E-state index contributed by atoms with van der Waals surface area (Å²) in [6.45, 7) is 1.74. The van der Waals surface area contributed by atoms with Gasteiger partial charge in [-0.2, -0.15) is 0 Å². The molecule has 0 aliphatic carbocycles.